The molecule has 0 bridgehead atoms. The van der Waals surface area contributed by atoms with E-state index in [9.17, 15) is 0 Å². The van der Waals surface area contributed by atoms with Gasteiger partial charge in [0, 0.05) is 12.0 Å². The van der Waals surface area contributed by atoms with Crippen molar-refractivity contribution in [3.05, 3.63) is 77.4 Å². The van der Waals surface area contributed by atoms with Crippen LogP contribution in [0.4, 0.5) is 0 Å². The van der Waals surface area contributed by atoms with Crippen LogP contribution in [0, 0.1) is 0 Å². The van der Waals surface area contributed by atoms with Gasteiger partial charge in [-0.2, -0.15) is 0 Å². The molecule has 1 aliphatic carbocycles. The Kier molecular flexibility index (Phi) is 2.77. The first-order valence-electron chi connectivity index (χ1n) is 6.37. The molecular formula is C17H17N. The lowest BCUT2D eigenvalue weighted by atomic mass is 9.71. The van der Waals surface area contributed by atoms with Crippen molar-refractivity contribution >= 4 is 6.08 Å². The molecule has 1 heteroatoms. The van der Waals surface area contributed by atoms with E-state index in [2.05, 4.69) is 60.7 Å². The summed E-state index contributed by atoms with van der Waals surface area (Å²) >= 11 is 0. The molecule has 0 radical (unpaired) electrons. The van der Waals surface area contributed by atoms with E-state index in [-0.39, 0.29) is 5.41 Å². The molecule has 0 aliphatic heterocycles. The number of hydrogen-bond acceptors (Lipinski definition) is 1. The fourth-order valence-corrected chi connectivity index (χ4v) is 2.73. The molecule has 18 heavy (non-hydrogen) atoms. The van der Waals surface area contributed by atoms with E-state index in [1.807, 2.05) is 6.07 Å². The van der Waals surface area contributed by atoms with Crippen molar-refractivity contribution in [2.45, 2.75) is 11.8 Å². The van der Waals surface area contributed by atoms with Gasteiger partial charge in [0.15, 0.2) is 0 Å². The minimum absolute atomic E-state index is 0.0460. The van der Waals surface area contributed by atoms with Gasteiger partial charge in [0.2, 0.25) is 0 Å². The van der Waals surface area contributed by atoms with Crippen LogP contribution in [0.5, 0.6) is 0 Å². The molecule has 90 valence electrons. The Bertz CT molecular complexity index is 571. The molecule has 0 saturated heterocycles. The number of fused-ring (bicyclic) bond motifs is 1. The summed E-state index contributed by atoms with van der Waals surface area (Å²) in [6, 6.07) is 19.1. The van der Waals surface area contributed by atoms with Gasteiger partial charge >= 0.3 is 0 Å². The molecular weight excluding hydrogens is 218 g/mol. The van der Waals surface area contributed by atoms with Crippen LogP contribution >= 0.6 is 0 Å². The maximum Gasteiger partial charge on any atom is 0.0298 e. The van der Waals surface area contributed by atoms with E-state index in [1.54, 1.807) is 0 Å². The maximum absolute atomic E-state index is 6.08. The summed E-state index contributed by atoms with van der Waals surface area (Å²) in [5.41, 5.74) is 10.0. The van der Waals surface area contributed by atoms with Gasteiger partial charge in [-0.25, -0.2) is 0 Å². The van der Waals surface area contributed by atoms with Gasteiger partial charge in [0.1, 0.15) is 0 Å². The van der Waals surface area contributed by atoms with Crippen molar-refractivity contribution < 1.29 is 0 Å². The Labute approximate surface area is 108 Å². The third-order valence-electron chi connectivity index (χ3n) is 3.86. The first kappa shape index (κ1) is 11.2. The molecule has 0 heterocycles. The third kappa shape index (κ3) is 1.77. The maximum atomic E-state index is 6.08. The smallest absolute Gasteiger partial charge is 0.0298 e. The Morgan fingerprint density at radius 3 is 2.44 bits per heavy atom. The summed E-state index contributed by atoms with van der Waals surface area (Å²) in [5, 5.41) is 0. The van der Waals surface area contributed by atoms with Crippen molar-refractivity contribution in [3.8, 4) is 0 Å². The van der Waals surface area contributed by atoms with Gasteiger partial charge in [-0.1, -0.05) is 66.7 Å². The first-order valence-corrected chi connectivity index (χ1v) is 6.37. The second-order valence-corrected chi connectivity index (χ2v) is 4.94. The molecule has 2 aromatic rings. The van der Waals surface area contributed by atoms with E-state index >= 15 is 0 Å². The molecule has 0 fully saturated rings. The SMILES string of the molecule is NCC1(c2ccccc2)C=Cc2ccccc2C1. The molecule has 1 nitrogen and oxygen atoms in total. The Hall–Kier alpha value is -1.86. The van der Waals surface area contributed by atoms with Crippen LogP contribution in [-0.2, 0) is 11.8 Å². The molecule has 2 aromatic carbocycles. The fourth-order valence-electron chi connectivity index (χ4n) is 2.73. The largest absolute Gasteiger partial charge is 0.329 e. The van der Waals surface area contributed by atoms with Gasteiger partial charge < -0.3 is 5.73 Å². The quantitative estimate of drug-likeness (QED) is 0.850. The highest BCUT2D eigenvalue weighted by Gasteiger charge is 2.31. The van der Waals surface area contributed by atoms with E-state index in [1.165, 1.54) is 16.7 Å². The lowest BCUT2D eigenvalue weighted by Gasteiger charge is -2.33. The summed E-state index contributed by atoms with van der Waals surface area (Å²) in [6.45, 7) is 0.641. The molecule has 1 atom stereocenters. The van der Waals surface area contributed by atoms with Gasteiger partial charge in [0.25, 0.3) is 0 Å². The van der Waals surface area contributed by atoms with Crippen molar-refractivity contribution in [2.75, 3.05) is 6.54 Å². The van der Waals surface area contributed by atoms with Crippen molar-refractivity contribution in [1.82, 2.24) is 0 Å². The Morgan fingerprint density at radius 1 is 0.944 bits per heavy atom. The first-order chi connectivity index (χ1) is 8.84. The number of benzene rings is 2. The highest BCUT2D eigenvalue weighted by Crippen LogP contribution is 2.35. The topological polar surface area (TPSA) is 26.0 Å². The summed E-state index contributed by atoms with van der Waals surface area (Å²) in [6.07, 6.45) is 5.46. The second-order valence-electron chi connectivity index (χ2n) is 4.94. The van der Waals surface area contributed by atoms with Crippen molar-refractivity contribution in [3.63, 3.8) is 0 Å². The normalized spacial score (nSPS) is 21.6. The number of nitrogens with two attached hydrogens (primary N) is 1. The molecule has 1 unspecified atom stereocenters. The van der Waals surface area contributed by atoms with Gasteiger partial charge in [-0.3, -0.25) is 0 Å². The molecule has 0 spiro atoms. The van der Waals surface area contributed by atoms with E-state index in [0.29, 0.717) is 6.54 Å². The summed E-state index contributed by atoms with van der Waals surface area (Å²) < 4.78 is 0. The highest BCUT2D eigenvalue weighted by molar-refractivity contribution is 5.61. The second kappa shape index (κ2) is 4.43. The lowest BCUT2D eigenvalue weighted by Crippen LogP contribution is -2.37. The average Bonchev–Trinajstić information content (AvgIpc) is 2.47. The fraction of sp³-hybridized carbons (Fsp3) is 0.176. The van der Waals surface area contributed by atoms with Crippen molar-refractivity contribution in [1.29, 1.82) is 0 Å². The number of rotatable bonds is 2. The predicted molar refractivity (Wildman–Crippen MR) is 76.4 cm³/mol. The zero-order valence-electron chi connectivity index (χ0n) is 10.3. The van der Waals surface area contributed by atoms with Crippen LogP contribution in [0.15, 0.2) is 60.7 Å². The van der Waals surface area contributed by atoms with Gasteiger partial charge in [-0.05, 0) is 23.1 Å². The van der Waals surface area contributed by atoms with Crippen LogP contribution in [0.1, 0.15) is 16.7 Å². The third-order valence-corrected chi connectivity index (χ3v) is 3.86. The Morgan fingerprint density at radius 2 is 1.67 bits per heavy atom. The van der Waals surface area contributed by atoms with Crippen LogP contribution in [0.3, 0.4) is 0 Å². The molecule has 0 amide bonds. The van der Waals surface area contributed by atoms with Crippen molar-refractivity contribution in [2.24, 2.45) is 5.73 Å². The lowest BCUT2D eigenvalue weighted by molar-refractivity contribution is 0.540. The van der Waals surface area contributed by atoms with Gasteiger partial charge in [0.05, 0.1) is 0 Å². The zero-order chi connectivity index (χ0) is 12.4. The summed E-state index contributed by atoms with van der Waals surface area (Å²) in [7, 11) is 0. The molecule has 3 rings (SSSR count). The number of hydrogen-bond donors (Lipinski definition) is 1. The highest BCUT2D eigenvalue weighted by atomic mass is 14.6. The average molecular weight is 235 g/mol. The predicted octanol–water partition coefficient (Wildman–Crippen LogP) is 3.15. The van der Waals surface area contributed by atoms with Gasteiger partial charge in [-0.15, -0.1) is 0 Å². The van der Waals surface area contributed by atoms with E-state index < -0.39 is 0 Å². The van der Waals surface area contributed by atoms with E-state index in [0.717, 1.165) is 6.42 Å². The minimum Gasteiger partial charge on any atom is -0.329 e. The monoisotopic (exact) mass is 235 g/mol. The summed E-state index contributed by atoms with van der Waals surface area (Å²) in [5.74, 6) is 0. The van der Waals surface area contributed by atoms with E-state index in [4.69, 9.17) is 5.73 Å². The molecule has 0 aromatic heterocycles. The molecule has 0 saturated carbocycles. The standard InChI is InChI=1S/C17H17N/c18-13-17(16-8-2-1-3-9-16)11-10-14-6-4-5-7-15(14)12-17/h1-11H,12-13,18H2. The van der Waals surface area contributed by atoms with Crippen LogP contribution < -0.4 is 5.73 Å². The molecule has 2 N–H and O–H groups in total. The zero-order valence-corrected chi connectivity index (χ0v) is 10.3. The Balaban J connectivity index is 2.07. The van der Waals surface area contributed by atoms with Crippen LogP contribution in [0.2, 0.25) is 0 Å². The minimum atomic E-state index is -0.0460. The molecule has 1 aliphatic rings. The van der Waals surface area contributed by atoms with Crippen LogP contribution in [0.25, 0.3) is 6.08 Å². The summed E-state index contributed by atoms with van der Waals surface area (Å²) in [4.78, 5) is 0. The van der Waals surface area contributed by atoms with Crippen LogP contribution in [-0.4, -0.2) is 6.54 Å².